The minimum atomic E-state index is -3.78. The van der Waals surface area contributed by atoms with Gasteiger partial charge in [0, 0.05) is 26.2 Å². The van der Waals surface area contributed by atoms with Crippen molar-refractivity contribution in [1.82, 2.24) is 9.62 Å². The van der Waals surface area contributed by atoms with Gasteiger partial charge in [0.25, 0.3) is 5.91 Å². The molecule has 1 N–H and O–H groups in total. The Balaban J connectivity index is 1.82. The number of benzene rings is 1. The van der Waals surface area contributed by atoms with Crippen LogP contribution in [0.5, 0.6) is 0 Å². The summed E-state index contributed by atoms with van der Waals surface area (Å²) >= 11 is 0. The molecular weight excluding hydrogens is 454 g/mol. The van der Waals surface area contributed by atoms with E-state index < -0.39 is 34.6 Å². The van der Waals surface area contributed by atoms with Crippen LogP contribution in [-0.4, -0.2) is 83.3 Å². The molecule has 3 rings (SSSR count). The minimum Gasteiger partial charge on any atom is -0.452 e. The highest BCUT2D eigenvalue weighted by atomic mass is 32.2. The van der Waals surface area contributed by atoms with Gasteiger partial charge in [-0.15, -0.1) is 0 Å². The third kappa shape index (κ3) is 6.42. The highest BCUT2D eigenvalue weighted by Gasteiger charge is 2.29. The third-order valence-corrected chi connectivity index (χ3v) is 7.24. The maximum absolute atomic E-state index is 13.1. The Morgan fingerprint density at radius 3 is 2.39 bits per heavy atom. The maximum Gasteiger partial charge on any atom is 0.413 e. The van der Waals surface area contributed by atoms with Gasteiger partial charge >= 0.3 is 12.1 Å². The number of nitrogens with zero attached hydrogens (tertiary/aromatic N) is 2. The number of nitrogens with one attached hydrogen (secondary N) is 1. The van der Waals surface area contributed by atoms with Crippen molar-refractivity contribution < 1.29 is 37.0 Å². The molecule has 2 saturated heterocycles. The van der Waals surface area contributed by atoms with Crippen molar-refractivity contribution in [1.29, 1.82) is 0 Å². The first-order valence-electron chi connectivity index (χ1n) is 10.9. The number of alkyl carbamates (subject to hydrolysis) is 1. The Morgan fingerprint density at radius 2 is 1.73 bits per heavy atom. The van der Waals surface area contributed by atoms with Gasteiger partial charge in [-0.1, -0.05) is 6.42 Å². The number of hydrogen-bond acceptors (Lipinski definition) is 9. The number of imide groups is 1. The van der Waals surface area contributed by atoms with Crippen LogP contribution in [0.4, 0.5) is 10.5 Å². The largest absolute Gasteiger partial charge is 0.452 e. The Labute approximate surface area is 193 Å². The minimum absolute atomic E-state index is 0.00988. The molecule has 0 radical (unpaired) electrons. The highest BCUT2D eigenvalue weighted by Crippen LogP contribution is 2.28. The van der Waals surface area contributed by atoms with E-state index in [1.165, 1.54) is 16.4 Å². The normalized spacial score (nSPS) is 17.3. The molecule has 2 aliphatic heterocycles. The molecule has 11 nitrogen and oxygen atoms in total. The number of esters is 1. The summed E-state index contributed by atoms with van der Waals surface area (Å²) in [5.41, 5.74) is 0.519. The summed E-state index contributed by atoms with van der Waals surface area (Å²) in [6.07, 6.45) is 1.61. The van der Waals surface area contributed by atoms with Crippen LogP contribution in [0.15, 0.2) is 23.1 Å². The van der Waals surface area contributed by atoms with Gasteiger partial charge < -0.3 is 19.1 Å². The van der Waals surface area contributed by atoms with Crippen molar-refractivity contribution in [3.05, 3.63) is 23.8 Å². The van der Waals surface area contributed by atoms with E-state index >= 15 is 0 Å². The van der Waals surface area contributed by atoms with E-state index in [0.717, 1.165) is 19.3 Å². The number of carbonyl (C=O) groups is 3. The average Bonchev–Trinajstić information content (AvgIpc) is 2.83. The lowest BCUT2D eigenvalue weighted by Gasteiger charge is -2.31. The molecule has 1 aromatic carbocycles. The Bertz CT molecular complexity index is 970. The molecule has 0 saturated carbocycles. The van der Waals surface area contributed by atoms with Gasteiger partial charge in [-0.3, -0.25) is 10.1 Å². The Morgan fingerprint density at radius 1 is 1.03 bits per heavy atom. The van der Waals surface area contributed by atoms with E-state index in [1.54, 1.807) is 13.0 Å². The monoisotopic (exact) mass is 483 g/mol. The summed E-state index contributed by atoms with van der Waals surface area (Å²) < 4.78 is 42.7. The fourth-order valence-electron chi connectivity index (χ4n) is 3.70. The molecule has 2 aliphatic rings. The molecule has 12 heteroatoms. The number of piperidine rings is 1. The summed E-state index contributed by atoms with van der Waals surface area (Å²) in [6, 6.07) is 4.36. The topological polar surface area (TPSA) is 132 Å². The van der Waals surface area contributed by atoms with Crippen molar-refractivity contribution in [3.63, 3.8) is 0 Å². The second kappa shape index (κ2) is 11.4. The lowest BCUT2D eigenvalue weighted by Crippen LogP contribution is -2.38. The van der Waals surface area contributed by atoms with E-state index in [4.69, 9.17) is 9.47 Å². The zero-order chi connectivity index (χ0) is 23.8. The molecule has 2 heterocycles. The Kier molecular flexibility index (Phi) is 8.64. The van der Waals surface area contributed by atoms with Crippen LogP contribution in [0.25, 0.3) is 0 Å². The highest BCUT2D eigenvalue weighted by molar-refractivity contribution is 7.89. The third-order valence-electron chi connectivity index (χ3n) is 5.34. The van der Waals surface area contributed by atoms with Gasteiger partial charge in [-0.05, 0) is 38.0 Å². The lowest BCUT2D eigenvalue weighted by molar-refractivity contribution is -0.123. The fraction of sp³-hybridized carbons (Fsp3) is 0.571. The van der Waals surface area contributed by atoms with E-state index in [-0.39, 0.29) is 17.1 Å². The molecule has 0 unspecified atom stereocenters. The number of hydrogen-bond donors (Lipinski definition) is 1. The van der Waals surface area contributed by atoms with Crippen LogP contribution in [0.2, 0.25) is 0 Å². The zero-order valence-corrected chi connectivity index (χ0v) is 19.4. The van der Waals surface area contributed by atoms with Crippen LogP contribution in [0.1, 0.15) is 36.5 Å². The molecule has 2 fully saturated rings. The number of rotatable bonds is 7. The van der Waals surface area contributed by atoms with Gasteiger partial charge in [0.1, 0.15) is 0 Å². The Hall–Kier alpha value is -2.70. The molecule has 0 bridgehead atoms. The van der Waals surface area contributed by atoms with Crippen LogP contribution in [0, 0.1) is 0 Å². The van der Waals surface area contributed by atoms with Crippen molar-refractivity contribution in [2.45, 2.75) is 31.1 Å². The van der Waals surface area contributed by atoms with Crippen molar-refractivity contribution in [2.24, 2.45) is 0 Å². The van der Waals surface area contributed by atoms with Crippen LogP contribution >= 0.6 is 0 Å². The average molecular weight is 484 g/mol. The molecule has 33 heavy (non-hydrogen) atoms. The molecule has 1 aromatic rings. The summed E-state index contributed by atoms with van der Waals surface area (Å²) in [4.78, 5) is 38.0. The molecule has 0 aromatic heterocycles. The number of sulfonamides is 1. The van der Waals surface area contributed by atoms with Crippen molar-refractivity contribution >= 4 is 33.7 Å². The van der Waals surface area contributed by atoms with Crippen molar-refractivity contribution in [3.8, 4) is 0 Å². The second-order valence-corrected chi connectivity index (χ2v) is 9.53. The number of carbonyl (C=O) groups excluding carboxylic acids is 3. The number of ether oxygens (including phenoxy) is 3. The van der Waals surface area contributed by atoms with E-state index in [2.05, 4.69) is 4.74 Å². The van der Waals surface area contributed by atoms with Crippen LogP contribution in [-0.2, 0) is 29.0 Å². The first-order valence-corrected chi connectivity index (χ1v) is 12.4. The molecular formula is C21H29N3O8S. The van der Waals surface area contributed by atoms with E-state index in [0.29, 0.717) is 45.1 Å². The second-order valence-electron chi connectivity index (χ2n) is 7.59. The van der Waals surface area contributed by atoms with Gasteiger partial charge in [0.15, 0.2) is 6.61 Å². The lowest BCUT2D eigenvalue weighted by atomic mass is 10.1. The van der Waals surface area contributed by atoms with Gasteiger partial charge in [-0.25, -0.2) is 18.0 Å². The molecule has 0 aliphatic carbocycles. The van der Waals surface area contributed by atoms with E-state index in [1.807, 2.05) is 10.2 Å². The molecule has 182 valence electrons. The van der Waals surface area contributed by atoms with Gasteiger partial charge in [-0.2, -0.15) is 4.31 Å². The number of morpholine rings is 1. The summed E-state index contributed by atoms with van der Waals surface area (Å²) in [5, 5.41) is 1.94. The number of anilines is 1. The number of amides is 2. The molecule has 2 amide bonds. The molecule has 0 spiro atoms. The quantitative estimate of drug-likeness (QED) is 0.567. The van der Waals surface area contributed by atoms with E-state index in [9.17, 15) is 22.8 Å². The van der Waals surface area contributed by atoms with Gasteiger partial charge in [0.2, 0.25) is 10.0 Å². The summed E-state index contributed by atoms with van der Waals surface area (Å²) in [5.74, 6) is -1.72. The summed E-state index contributed by atoms with van der Waals surface area (Å²) in [7, 11) is -3.78. The maximum atomic E-state index is 13.1. The van der Waals surface area contributed by atoms with Crippen LogP contribution in [0.3, 0.4) is 0 Å². The standard InChI is InChI=1S/C21H29N3O8S/c1-2-31-21(27)22-19(25)15-32-20(26)17-14-16(33(28,29)24-8-4-3-5-9-24)6-7-18(17)23-10-12-30-13-11-23/h6-7,14H,2-5,8-13,15H2,1H3,(H,22,25,27). The predicted octanol–water partition coefficient (Wildman–Crippen LogP) is 1.13. The first kappa shape index (κ1) is 24.9. The molecule has 0 atom stereocenters. The summed E-state index contributed by atoms with van der Waals surface area (Å²) in [6.45, 7) is 3.77. The smallest absolute Gasteiger partial charge is 0.413 e. The van der Waals surface area contributed by atoms with Crippen LogP contribution < -0.4 is 10.2 Å². The first-order chi connectivity index (χ1) is 15.8. The fourth-order valence-corrected chi connectivity index (χ4v) is 5.24. The van der Waals surface area contributed by atoms with Gasteiger partial charge in [0.05, 0.1) is 36.0 Å². The van der Waals surface area contributed by atoms with Crippen molar-refractivity contribution in [2.75, 3.05) is 57.5 Å². The predicted molar refractivity (Wildman–Crippen MR) is 118 cm³/mol. The zero-order valence-electron chi connectivity index (χ0n) is 18.6. The SMILES string of the molecule is CCOC(=O)NC(=O)COC(=O)c1cc(S(=O)(=O)N2CCCCC2)ccc1N1CCOCC1.